The van der Waals surface area contributed by atoms with Crippen LogP contribution >= 0.6 is 0 Å². The van der Waals surface area contributed by atoms with Crippen molar-refractivity contribution in [3.63, 3.8) is 0 Å². The number of nitrogens with zero attached hydrogens (tertiary/aromatic N) is 2. The van der Waals surface area contributed by atoms with E-state index in [4.69, 9.17) is 4.74 Å². The van der Waals surface area contributed by atoms with Crippen LogP contribution in [0, 0.1) is 0 Å². The lowest BCUT2D eigenvalue weighted by molar-refractivity contribution is -0.117. The fraction of sp³-hybridized carbons (Fsp3) is 0.562. The average molecular weight is 338 g/mol. The maximum Gasteiger partial charge on any atom is 0.243 e. The minimum absolute atomic E-state index is 0.0937. The zero-order valence-electron chi connectivity index (χ0n) is 13.4. The van der Waals surface area contributed by atoms with Crippen LogP contribution in [0.1, 0.15) is 26.7 Å². The quantitative estimate of drug-likeness (QED) is 0.840. The van der Waals surface area contributed by atoms with E-state index in [1.54, 1.807) is 29.2 Å². The van der Waals surface area contributed by atoms with Crippen molar-refractivity contribution in [2.75, 3.05) is 24.6 Å². The van der Waals surface area contributed by atoms with Crippen LogP contribution in [0.4, 0.5) is 5.69 Å². The number of amides is 1. The van der Waals surface area contributed by atoms with Crippen LogP contribution in [0.15, 0.2) is 29.2 Å². The molecular weight excluding hydrogens is 316 g/mol. The minimum Gasteiger partial charge on any atom is -0.375 e. The molecule has 2 aliphatic rings. The number of anilines is 1. The molecule has 2 atom stereocenters. The van der Waals surface area contributed by atoms with E-state index in [2.05, 4.69) is 0 Å². The Hall–Kier alpha value is -1.44. The fourth-order valence-electron chi connectivity index (χ4n) is 3.10. The van der Waals surface area contributed by atoms with Gasteiger partial charge in [0.25, 0.3) is 0 Å². The second-order valence-corrected chi connectivity index (χ2v) is 7.97. The van der Waals surface area contributed by atoms with Gasteiger partial charge in [0.05, 0.1) is 17.6 Å². The summed E-state index contributed by atoms with van der Waals surface area (Å²) in [7, 11) is -3.55. The first kappa shape index (κ1) is 16.4. The van der Waals surface area contributed by atoms with Crippen molar-refractivity contribution in [2.24, 2.45) is 0 Å². The molecule has 2 unspecified atom stereocenters. The van der Waals surface area contributed by atoms with Crippen molar-refractivity contribution < 1.29 is 17.9 Å². The Morgan fingerprint density at radius 3 is 2.43 bits per heavy atom. The lowest BCUT2D eigenvalue weighted by Gasteiger charge is -2.36. The zero-order chi connectivity index (χ0) is 16.6. The van der Waals surface area contributed by atoms with Gasteiger partial charge in [0.2, 0.25) is 15.9 Å². The number of carbonyl (C=O) groups excluding carboxylic acids is 1. The lowest BCUT2D eigenvalue weighted by Crippen LogP contribution is -2.51. The molecule has 0 aromatic heterocycles. The van der Waals surface area contributed by atoms with Gasteiger partial charge in [-0.05, 0) is 44.5 Å². The Balaban J connectivity index is 1.84. The Kier molecular flexibility index (Phi) is 4.44. The first-order chi connectivity index (χ1) is 10.9. The molecule has 2 saturated heterocycles. The van der Waals surface area contributed by atoms with Crippen LogP contribution in [-0.2, 0) is 19.6 Å². The molecule has 0 aliphatic carbocycles. The normalized spacial score (nSPS) is 26.7. The minimum atomic E-state index is -3.55. The first-order valence-corrected chi connectivity index (χ1v) is 9.39. The van der Waals surface area contributed by atoms with Crippen molar-refractivity contribution in [1.29, 1.82) is 0 Å². The van der Waals surface area contributed by atoms with Gasteiger partial charge in [-0.15, -0.1) is 0 Å². The highest BCUT2D eigenvalue weighted by Gasteiger charge is 2.35. The zero-order valence-corrected chi connectivity index (χ0v) is 14.3. The van der Waals surface area contributed by atoms with Crippen molar-refractivity contribution in [3.05, 3.63) is 24.3 Å². The van der Waals surface area contributed by atoms with E-state index in [-0.39, 0.29) is 22.9 Å². The number of carbonyl (C=O) groups is 1. The first-order valence-electron chi connectivity index (χ1n) is 7.95. The molecule has 0 saturated carbocycles. The van der Waals surface area contributed by atoms with Crippen molar-refractivity contribution in [1.82, 2.24) is 4.31 Å². The van der Waals surface area contributed by atoms with E-state index in [0.717, 1.165) is 12.1 Å². The Labute approximate surface area is 137 Å². The van der Waals surface area contributed by atoms with Crippen molar-refractivity contribution >= 4 is 21.6 Å². The third kappa shape index (κ3) is 3.00. The molecule has 2 heterocycles. The summed E-state index contributed by atoms with van der Waals surface area (Å²) in [4.78, 5) is 13.7. The van der Waals surface area contributed by atoms with Gasteiger partial charge in [-0.2, -0.15) is 4.31 Å². The molecule has 0 bridgehead atoms. The lowest BCUT2D eigenvalue weighted by atomic mass is 10.2. The highest BCUT2D eigenvalue weighted by Crippen LogP contribution is 2.27. The molecule has 1 aromatic rings. The molecule has 0 N–H and O–H groups in total. The highest BCUT2D eigenvalue weighted by atomic mass is 32.2. The summed E-state index contributed by atoms with van der Waals surface area (Å²) < 4.78 is 32.7. The van der Waals surface area contributed by atoms with Crippen LogP contribution in [-0.4, -0.2) is 50.5 Å². The van der Waals surface area contributed by atoms with Crippen LogP contribution in [0.5, 0.6) is 0 Å². The smallest absolute Gasteiger partial charge is 0.243 e. The van der Waals surface area contributed by atoms with Gasteiger partial charge < -0.3 is 9.64 Å². The van der Waals surface area contributed by atoms with Crippen LogP contribution in [0.25, 0.3) is 0 Å². The highest BCUT2D eigenvalue weighted by molar-refractivity contribution is 7.89. The number of hydrogen-bond donors (Lipinski definition) is 0. The largest absolute Gasteiger partial charge is 0.375 e. The number of hydrogen-bond acceptors (Lipinski definition) is 4. The van der Waals surface area contributed by atoms with Gasteiger partial charge in [-0.1, -0.05) is 0 Å². The van der Waals surface area contributed by atoms with Gasteiger partial charge in [-0.3, -0.25) is 4.79 Å². The molecule has 0 radical (unpaired) electrons. The predicted molar refractivity (Wildman–Crippen MR) is 86.8 cm³/mol. The Morgan fingerprint density at radius 2 is 1.83 bits per heavy atom. The SMILES string of the molecule is CC1OCCN(S(=O)(=O)c2ccc(N3CCCC3=O)cc2)C1C. The second kappa shape index (κ2) is 6.22. The molecule has 23 heavy (non-hydrogen) atoms. The fourth-order valence-corrected chi connectivity index (χ4v) is 4.77. The topological polar surface area (TPSA) is 66.9 Å². The molecule has 126 valence electrons. The number of ether oxygens (including phenoxy) is 1. The Morgan fingerprint density at radius 1 is 1.13 bits per heavy atom. The van der Waals surface area contributed by atoms with Gasteiger partial charge in [0.15, 0.2) is 0 Å². The summed E-state index contributed by atoms with van der Waals surface area (Å²) in [6, 6.07) is 6.40. The van der Waals surface area contributed by atoms with Crippen molar-refractivity contribution in [3.8, 4) is 0 Å². The molecule has 1 amide bonds. The third-order valence-corrected chi connectivity index (χ3v) is 6.65. The number of sulfonamides is 1. The number of morpholine rings is 1. The third-order valence-electron chi connectivity index (χ3n) is 4.65. The van der Waals surface area contributed by atoms with Crippen LogP contribution in [0.3, 0.4) is 0 Å². The predicted octanol–water partition coefficient (Wildman–Crippen LogP) is 1.61. The summed E-state index contributed by atoms with van der Waals surface area (Å²) >= 11 is 0. The van der Waals surface area contributed by atoms with Gasteiger partial charge >= 0.3 is 0 Å². The van der Waals surface area contributed by atoms with Crippen molar-refractivity contribution in [2.45, 2.75) is 43.7 Å². The van der Waals surface area contributed by atoms with Gasteiger partial charge in [0, 0.05) is 31.2 Å². The van der Waals surface area contributed by atoms with Gasteiger partial charge in [-0.25, -0.2) is 8.42 Å². The van der Waals surface area contributed by atoms with E-state index in [1.807, 2.05) is 13.8 Å². The summed E-state index contributed by atoms with van der Waals surface area (Å²) in [5, 5.41) is 0. The maximum absolute atomic E-state index is 12.8. The standard InChI is InChI=1S/C16H22N2O4S/c1-12-13(2)22-11-10-18(12)23(20,21)15-7-5-14(6-8-15)17-9-3-4-16(17)19/h5-8,12-13H,3-4,9-11H2,1-2H3. The van der Waals surface area contributed by atoms with E-state index in [9.17, 15) is 13.2 Å². The summed E-state index contributed by atoms with van der Waals surface area (Å²) in [5.74, 6) is 0.0937. The summed E-state index contributed by atoms with van der Waals surface area (Å²) in [6.45, 7) is 5.21. The van der Waals surface area contributed by atoms with Gasteiger partial charge in [0.1, 0.15) is 0 Å². The number of rotatable bonds is 3. The average Bonchev–Trinajstić information content (AvgIpc) is 2.96. The summed E-state index contributed by atoms with van der Waals surface area (Å²) in [5.41, 5.74) is 0.759. The van der Waals surface area contributed by atoms with Crippen LogP contribution in [0.2, 0.25) is 0 Å². The number of benzene rings is 1. The molecule has 2 fully saturated rings. The summed E-state index contributed by atoms with van der Waals surface area (Å²) in [6.07, 6.45) is 1.28. The molecule has 3 rings (SSSR count). The molecule has 1 aromatic carbocycles. The Bertz CT molecular complexity index is 687. The van der Waals surface area contributed by atoms with E-state index < -0.39 is 10.0 Å². The molecule has 2 aliphatic heterocycles. The van der Waals surface area contributed by atoms with E-state index >= 15 is 0 Å². The molecule has 0 spiro atoms. The maximum atomic E-state index is 12.8. The van der Waals surface area contributed by atoms with E-state index in [1.165, 1.54) is 4.31 Å². The molecule has 7 heteroatoms. The molecule has 6 nitrogen and oxygen atoms in total. The molecular formula is C16H22N2O4S. The second-order valence-electron chi connectivity index (χ2n) is 6.08. The van der Waals surface area contributed by atoms with Crippen LogP contribution < -0.4 is 4.90 Å². The monoisotopic (exact) mass is 338 g/mol. The van der Waals surface area contributed by atoms with E-state index in [0.29, 0.717) is 26.1 Å².